The number of halogens is 1. The topological polar surface area (TPSA) is 85.2 Å². The van der Waals surface area contributed by atoms with Crippen LogP contribution in [0.4, 0.5) is 5.82 Å². The molecule has 20 heavy (non-hydrogen) atoms. The van der Waals surface area contributed by atoms with Crippen molar-refractivity contribution in [3.8, 4) is 0 Å². The Labute approximate surface area is 123 Å². The van der Waals surface area contributed by atoms with Gasteiger partial charge in [0.25, 0.3) is 0 Å². The number of nitrogens with one attached hydrogen (secondary N) is 2. The van der Waals surface area contributed by atoms with E-state index < -0.39 is 0 Å². The number of hydrogen-bond acceptors (Lipinski definition) is 5. The van der Waals surface area contributed by atoms with Crippen LogP contribution < -0.4 is 10.6 Å². The quantitative estimate of drug-likeness (QED) is 0.787. The molecule has 2 heterocycles. The summed E-state index contributed by atoms with van der Waals surface area (Å²) in [5.74, 6) is 0.0342. The Morgan fingerprint density at radius 1 is 1.60 bits per heavy atom. The van der Waals surface area contributed by atoms with E-state index in [2.05, 4.69) is 20.5 Å². The Bertz CT molecular complexity index is 457. The molecule has 2 rings (SSSR count). The molecular formula is C12H19ClN4O3. The summed E-state index contributed by atoms with van der Waals surface area (Å²) in [5.41, 5.74) is 0. The Morgan fingerprint density at radius 3 is 3.05 bits per heavy atom. The highest BCUT2D eigenvalue weighted by atomic mass is 35.5. The minimum Gasteiger partial charge on any atom is -0.468 e. The SMILES string of the molecule is COC(=O)Cn1ccc(NC(=O)C2CCCNC2)n1.Cl. The number of rotatable bonds is 4. The molecule has 0 bridgehead atoms. The van der Waals surface area contributed by atoms with Crippen LogP contribution in [0.5, 0.6) is 0 Å². The second-order valence-corrected chi connectivity index (χ2v) is 4.51. The standard InChI is InChI=1S/C12H18N4O3.ClH/c1-19-11(17)8-16-6-4-10(15-16)14-12(18)9-3-2-5-13-7-9;/h4,6,9,13H,2-3,5,7-8H2,1H3,(H,14,15,18);1H. The lowest BCUT2D eigenvalue weighted by atomic mass is 9.99. The highest BCUT2D eigenvalue weighted by Crippen LogP contribution is 2.12. The van der Waals surface area contributed by atoms with Crippen LogP contribution in [0.25, 0.3) is 0 Å². The third-order valence-corrected chi connectivity index (χ3v) is 3.08. The van der Waals surface area contributed by atoms with Gasteiger partial charge in [-0.3, -0.25) is 14.3 Å². The molecule has 1 fully saturated rings. The number of ether oxygens (including phenoxy) is 1. The molecule has 1 saturated heterocycles. The van der Waals surface area contributed by atoms with Gasteiger partial charge in [0.05, 0.1) is 13.0 Å². The highest BCUT2D eigenvalue weighted by Gasteiger charge is 2.21. The number of methoxy groups -OCH3 is 1. The van der Waals surface area contributed by atoms with Crippen LogP contribution in [0, 0.1) is 5.92 Å². The maximum atomic E-state index is 12.0. The number of carbonyl (C=O) groups excluding carboxylic acids is 2. The van der Waals surface area contributed by atoms with Crippen molar-refractivity contribution >= 4 is 30.1 Å². The van der Waals surface area contributed by atoms with Crippen LogP contribution in [0.15, 0.2) is 12.3 Å². The molecule has 1 atom stereocenters. The molecule has 112 valence electrons. The number of esters is 1. The molecule has 1 aromatic rings. The van der Waals surface area contributed by atoms with E-state index in [1.54, 1.807) is 12.3 Å². The van der Waals surface area contributed by atoms with Gasteiger partial charge in [0.2, 0.25) is 5.91 Å². The fourth-order valence-corrected chi connectivity index (χ4v) is 2.02. The number of aromatic nitrogens is 2. The predicted molar refractivity (Wildman–Crippen MR) is 75.7 cm³/mol. The maximum Gasteiger partial charge on any atom is 0.327 e. The molecule has 1 aliphatic heterocycles. The van der Waals surface area contributed by atoms with Crippen LogP contribution in [0.3, 0.4) is 0 Å². The second kappa shape index (κ2) is 7.86. The Hall–Kier alpha value is -1.60. The summed E-state index contributed by atoms with van der Waals surface area (Å²) in [4.78, 5) is 23.0. The van der Waals surface area contributed by atoms with Crippen molar-refractivity contribution < 1.29 is 14.3 Å². The maximum absolute atomic E-state index is 12.0. The molecule has 0 aliphatic carbocycles. The zero-order valence-electron chi connectivity index (χ0n) is 11.3. The van der Waals surface area contributed by atoms with Gasteiger partial charge in [-0.25, -0.2) is 0 Å². The molecule has 1 aromatic heterocycles. The Morgan fingerprint density at radius 2 is 2.40 bits per heavy atom. The zero-order chi connectivity index (χ0) is 13.7. The lowest BCUT2D eigenvalue weighted by molar-refractivity contribution is -0.141. The van der Waals surface area contributed by atoms with E-state index in [4.69, 9.17) is 0 Å². The van der Waals surface area contributed by atoms with Crippen LogP contribution >= 0.6 is 12.4 Å². The molecule has 0 aromatic carbocycles. The first-order valence-electron chi connectivity index (χ1n) is 6.31. The number of carbonyl (C=O) groups is 2. The van der Waals surface area contributed by atoms with E-state index in [0.717, 1.165) is 19.4 Å². The number of anilines is 1. The number of amides is 1. The van der Waals surface area contributed by atoms with Gasteiger partial charge >= 0.3 is 5.97 Å². The zero-order valence-corrected chi connectivity index (χ0v) is 12.1. The third-order valence-electron chi connectivity index (χ3n) is 3.08. The Balaban J connectivity index is 0.00000200. The van der Waals surface area contributed by atoms with Crippen LogP contribution in [0.1, 0.15) is 12.8 Å². The van der Waals surface area contributed by atoms with Crippen molar-refractivity contribution in [2.75, 3.05) is 25.5 Å². The van der Waals surface area contributed by atoms with Gasteiger partial charge in [0.15, 0.2) is 5.82 Å². The first-order valence-corrected chi connectivity index (χ1v) is 6.31. The van der Waals surface area contributed by atoms with Gasteiger partial charge in [-0.2, -0.15) is 5.10 Å². The lowest BCUT2D eigenvalue weighted by Crippen LogP contribution is -2.37. The molecule has 8 heteroatoms. The second-order valence-electron chi connectivity index (χ2n) is 4.51. The Kier molecular flexibility index (Phi) is 6.47. The smallest absolute Gasteiger partial charge is 0.327 e. The molecule has 0 saturated carbocycles. The molecule has 1 aliphatic rings. The van der Waals surface area contributed by atoms with E-state index in [1.807, 2.05) is 0 Å². The van der Waals surface area contributed by atoms with Crippen molar-refractivity contribution in [1.29, 1.82) is 0 Å². The number of nitrogens with zero attached hydrogens (tertiary/aromatic N) is 2. The average molecular weight is 303 g/mol. The van der Waals surface area contributed by atoms with Gasteiger partial charge < -0.3 is 15.4 Å². The monoisotopic (exact) mass is 302 g/mol. The molecular weight excluding hydrogens is 284 g/mol. The predicted octanol–water partition coefficient (Wildman–Crippen LogP) is 0.416. The first kappa shape index (κ1) is 16.5. The number of piperidine rings is 1. The van der Waals surface area contributed by atoms with Crippen LogP contribution in [-0.2, 0) is 20.9 Å². The summed E-state index contributed by atoms with van der Waals surface area (Å²) >= 11 is 0. The van der Waals surface area contributed by atoms with Crippen molar-refractivity contribution in [1.82, 2.24) is 15.1 Å². The summed E-state index contributed by atoms with van der Waals surface area (Å²) in [6, 6.07) is 1.66. The minimum atomic E-state index is -0.377. The van der Waals surface area contributed by atoms with Crippen molar-refractivity contribution in [3.63, 3.8) is 0 Å². The van der Waals surface area contributed by atoms with Gasteiger partial charge in [0.1, 0.15) is 6.54 Å². The minimum absolute atomic E-state index is 0. The highest BCUT2D eigenvalue weighted by molar-refractivity contribution is 5.91. The van der Waals surface area contributed by atoms with Crippen LogP contribution in [0.2, 0.25) is 0 Å². The largest absolute Gasteiger partial charge is 0.468 e. The lowest BCUT2D eigenvalue weighted by Gasteiger charge is -2.21. The van der Waals surface area contributed by atoms with E-state index in [1.165, 1.54) is 11.8 Å². The van der Waals surface area contributed by atoms with Crippen molar-refractivity contribution in [2.45, 2.75) is 19.4 Å². The van der Waals surface area contributed by atoms with Crippen LogP contribution in [-0.4, -0.2) is 41.9 Å². The fraction of sp³-hybridized carbons (Fsp3) is 0.583. The van der Waals surface area contributed by atoms with Gasteiger partial charge in [-0.05, 0) is 19.4 Å². The molecule has 7 nitrogen and oxygen atoms in total. The fourth-order valence-electron chi connectivity index (χ4n) is 2.02. The summed E-state index contributed by atoms with van der Waals surface area (Å²) < 4.78 is 5.98. The molecule has 1 unspecified atom stereocenters. The van der Waals surface area contributed by atoms with E-state index in [-0.39, 0.29) is 36.7 Å². The molecule has 0 spiro atoms. The molecule has 0 radical (unpaired) electrons. The van der Waals surface area contributed by atoms with E-state index >= 15 is 0 Å². The van der Waals surface area contributed by atoms with Gasteiger partial charge in [-0.15, -0.1) is 12.4 Å². The van der Waals surface area contributed by atoms with E-state index in [9.17, 15) is 9.59 Å². The van der Waals surface area contributed by atoms with Gasteiger partial charge in [-0.1, -0.05) is 0 Å². The summed E-state index contributed by atoms with van der Waals surface area (Å²) in [5, 5.41) is 10.0. The number of hydrogen-bond donors (Lipinski definition) is 2. The average Bonchev–Trinajstić information content (AvgIpc) is 2.86. The summed E-state index contributed by atoms with van der Waals surface area (Å²) in [7, 11) is 1.32. The van der Waals surface area contributed by atoms with Crippen molar-refractivity contribution in [2.24, 2.45) is 5.92 Å². The summed E-state index contributed by atoms with van der Waals surface area (Å²) in [6.07, 6.45) is 3.53. The third kappa shape index (κ3) is 4.50. The van der Waals surface area contributed by atoms with Crippen molar-refractivity contribution in [3.05, 3.63) is 12.3 Å². The van der Waals surface area contributed by atoms with Gasteiger partial charge in [0, 0.05) is 18.8 Å². The molecule has 2 N–H and O–H groups in total. The normalized spacial score (nSPS) is 17.9. The first-order chi connectivity index (χ1) is 9.19. The summed E-state index contributed by atoms with van der Waals surface area (Å²) in [6.45, 7) is 1.71. The molecule has 1 amide bonds. The van der Waals surface area contributed by atoms with E-state index in [0.29, 0.717) is 12.4 Å².